The minimum Gasteiger partial charge on any atom is -0.467 e. The number of ether oxygens (including phenoxy) is 2. The van der Waals surface area contributed by atoms with E-state index in [1.54, 1.807) is 0 Å². The molecule has 0 N–H and O–H groups in total. The van der Waals surface area contributed by atoms with Crippen LogP contribution in [0.1, 0.15) is 27.2 Å². The predicted octanol–water partition coefficient (Wildman–Crippen LogP) is 3.14. The van der Waals surface area contributed by atoms with Crippen LogP contribution >= 0.6 is 0 Å². The van der Waals surface area contributed by atoms with Crippen LogP contribution in [0.5, 0.6) is 0 Å². The number of fused-ring (bicyclic) bond motifs is 1. The molecule has 2 aromatic carbocycles. The Hall–Kier alpha value is -1.95. The fraction of sp³-hybridized carbons (Fsp3) is 0.458. The minimum atomic E-state index is -2.56. The molecule has 1 saturated carbocycles. The monoisotopic (exact) mass is 410 g/mol. The van der Waals surface area contributed by atoms with E-state index in [2.05, 4.69) is 81.4 Å². The summed E-state index contributed by atoms with van der Waals surface area (Å²) in [5, 5.41) is 2.48. The van der Waals surface area contributed by atoms with Gasteiger partial charge in [-0.25, -0.2) is 4.79 Å². The SMILES string of the molecule is COC(=O)[C@@]12C[C@@H]1[C@@H](CO[Si](c1ccccc1)(c1ccccc1)C(C)(C)C)CO2. The molecule has 4 rings (SSSR count). The zero-order chi connectivity index (χ0) is 20.7. The lowest BCUT2D eigenvalue weighted by molar-refractivity contribution is -0.155. The predicted molar refractivity (Wildman–Crippen MR) is 116 cm³/mol. The van der Waals surface area contributed by atoms with Crippen LogP contribution in [0.2, 0.25) is 5.04 Å². The lowest BCUT2D eigenvalue weighted by Crippen LogP contribution is -2.67. The second-order valence-corrected chi connectivity index (χ2v) is 13.5. The quantitative estimate of drug-likeness (QED) is 0.542. The molecule has 0 radical (unpaired) electrons. The van der Waals surface area contributed by atoms with E-state index in [0.29, 0.717) is 13.2 Å². The summed E-state index contributed by atoms with van der Waals surface area (Å²) in [5.41, 5.74) is -0.714. The molecule has 3 atom stereocenters. The van der Waals surface area contributed by atoms with Crippen LogP contribution in [0, 0.1) is 11.8 Å². The zero-order valence-electron chi connectivity index (χ0n) is 17.7. The van der Waals surface area contributed by atoms with Crippen molar-refractivity contribution in [2.75, 3.05) is 20.3 Å². The molecular formula is C24H30O4Si. The van der Waals surface area contributed by atoms with Gasteiger partial charge in [-0.05, 0) is 21.8 Å². The lowest BCUT2D eigenvalue weighted by Gasteiger charge is -2.43. The van der Waals surface area contributed by atoms with Crippen LogP contribution in [-0.2, 0) is 18.7 Å². The first kappa shape index (κ1) is 20.3. The molecule has 5 heteroatoms. The molecule has 1 aliphatic heterocycles. The number of benzene rings is 2. The van der Waals surface area contributed by atoms with Crippen LogP contribution in [-0.4, -0.2) is 40.2 Å². The molecule has 1 aliphatic carbocycles. The number of carbonyl (C=O) groups is 1. The van der Waals surface area contributed by atoms with E-state index in [1.165, 1.54) is 17.5 Å². The van der Waals surface area contributed by atoms with Crippen molar-refractivity contribution >= 4 is 24.7 Å². The normalized spacial score (nSPS) is 26.1. The van der Waals surface area contributed by atoms with Crippen molar-refractivity contribution in [2.24, 2.45) is 11.8 Å². The van der Waals surface area contributed by atoms with Gasteiger partial charge in [-0.1, -0.05) is 81.4 Å². The average molecular weight is 411 g/mol. The van der Waals surface area contributed by atoms with E-state index in [4.69, 9.17) is 13.9 Å². The molecule has 29 heavy (non-hydrogen) atoms. The Kier molecular flexibility index (Phi) is 5.17. The van der Waals surface area contributed by atoms with Crippen LogP contribution in [0.25, 0.3) is 0 Å². The van der Waals surface area contributed by atoms with Crippen molar-refractivity contribution in [1.29, 1.82) is 0 Å². The van der Waals surface area contributed by atoms with Crippen molar-refractivity contribution < 1.29 is 18.7 Å². The number of methoxy groups -OCH3 is 1. The number of rotatable bonds is 6. The molecule has 1 saturated heterocycles. The topological polar surface area (TPSA) is 44.8 Å². The average Bonchev–Trinajstić information content (AvgIpc) is 3.36. The van der Waals surface area contributed by atoms with E-state index in [0.717, 1.165) is 6.42 Å². The Labute approximate surface area is 174 Å². The summed E-state index contributed by atoms with van der Waals surface area (Å²) in [6.07, 6.45) is 0.744. The first-order valence-corrected chi connectivity index (χ1v) is 12.2. The van der Waals surface area contributed by atoms with E-state index in [-0.39, 0.29) is 22.8 Å². The summed E-state index contributed by atoms with van der Waals surface area (Å²) in [5.74, 6) is 0.180. The Morgan fingerprint density at radius 1 is 1.07 bits per heavy atom. The van der Waals surface area contributed by atoms with Crippen molar-refractivity contribution in [3.05, 3.63) is 60.7 Å². The molecule has 0 bridgehead atoms. The molecular weight excluding hydrogens is 380 g/mol. The molecule has 0 amide bonds. The van der Waals surface area contributed by atoms with Crippen LogP contribution in [0.3, 0.4) is 0 Å². The number of hydrogen-bond donors (Lipinski definition) is 0. The molecule has 0 spiro atoms. The molecule has 4 nitrogen and oxygen atoms in total. The highest BCUT2D eigenvalue weighted by Gasteiger charge is 2.69. The fourth-order valence-electron chi connectivity index (χ4n) is 4.98. The molecule has 2 aromatic rings. The third-order valence-electron chi connectivity index (χ3n) is 6.55. The number of esters is 1. The third kappa shape index (κ3) is 3.25. The Morgan fingerprint density at radius 3 is 2.07 bits per heavy atom. The Morgan fingerprint density at radius 2 is 1.62 bits per heavy atom. The maximum absolute atomic E-state index is 12.1. The highest BCUT2D eigenvalue weighted by atomic mass is 28.4. The summed E-state index contributed by atoms with van der Waals surface area (Å²) in [6, 6.07) is 21.3. The van der Waals surface area contributed by atoms with Gasteiger partial charge in [-0.2, -0.15) is 0 Å². The number of carbonyl (C=O) groups excluding carboxylic acids is 1. The highest BCUT2D eigenvalue weighted by Crippen LogP contribution is 2.57. The summed E-state index contributed by atoms with van der Waals surface area (Å²) in [6.45, 7) is 7.98. The first-order chi connectivity index (χ1) is 13.8. The number of hydrogen-bond acceptors (Lipinski definition) is 4. The summed E-state index contributed by atoms with van der Waals surface area (Å²) < 4.78 is 17.9. The van der Waals surface area contributed by atoms with Gasteiger partial charge in [0.15, 0.2) is 5.60 Å². The molecule has 2 fully saturated rings. The van der Waals surface area contributed by atoms with E-state index in [9.17, 15) is 4.79 Å². The third-order valence-corrected chi connectivity index (χ3v) is 11.6. The van der Waals surface area contributed by atoms with Gasteiger partial charge in [0, 0.05) is 18.4 Å². The molecule has 2 aliphatic rings. The lowest BCUT2D eigenvalue weighted by atomic mass is 10.1. The molecule has 154 valence electrons. The van der Waals surface area contributed by atoms with Crippen molar-refractivity contribution in [3.63, 3.8) is 0 Å². The standard InChI is InChI=1S/C24H30O4Si/c1-23(2,3)29(19-11-7-5-8-12-19,20-13-9-6-10-14-20)28-17-18-16-27-24(15-21(18)24)22(25)26-4/h5-14,18,21H,15-17H2,1-4H3/t18-,21-,24-/m1/s1. The van der Waals surface area contributed by atoms with Gasteiger partial charge in [-0.15, -0.1) is 0 Å². The van der Waals surface area contributed by atoms with Gasteiger partial charge in [0.2, 0.25) is 0 Å². The van der Waals surface area contributed by atoms with Gasteiger partial charge < -0.3 is 13.9 Å². The summed E-state index contributed by atoms with van der Waals surface area (Å²) in [7, 11) is -1.13. The van der Waals surface area contributed by atoms with Gasteiger partial charge in [0.05, 0.1) is 13.7 Å². The van der Waals surface area contributed by atoms with E-state index >= 15 is 0 Å². The van der Waals surface area contributed by atoms with Crippen molar-refractivity contribution in [3.8, 4) is 0 Å². The second kappa shape index (κ2) is 7.38. The van der Waals surface area contributed by atoms with E-state index in [1.807, 2.05) is 0 Å². The van der Waals surface area contributed by atoms with Crippen molar-refractivity contribution in [1.82, 2.24) is 0 Å². The Bertz CT molecular complexity index is 822. The van der Waals surface area contributed by atoms with Crippen LogP contribution in [0.15, 0.2) is 60.7 Å². The van der Waals surface area contributed by atoms with Gasteiger partial charge in [0.1, 0.15) is 0 Å². The molecule has 0 aromatic heterocycles. The van der Waals surface area contributed by atoms with Gasteiger partial charge in [0.25, 0.3) is 8.32 Å². The maximum atomic E-state index is 12.1. The van der Waals surface area contributed by atoms with Crippen molar-refractivity contribution in [2.45, 2.75) is 37.8 Å². The van der Waals surface area contributed by atoms with Crippen LogP contribution < -0.4 is 10.4 Å². The van der Waals surface area contributed by atoms with E-state index < -0.39 is 13.9 Å². The first-order valence-electron chi connectivity index (χ1n) is 10.3. The van der Waals surface area contributed by atoms with Gasteiger partial charge in [-0.3, -0.25) is 0 Å². The largest absolute Gasteiger partial charge is 0.467 e. The van der Waals surface area contributed by atoms with Gasteiger partial charge >= 0.3 is 5.97 Å². The molecule has 0 unspecified atom stereocenters. The second-order valence-electron chi connectivity index (χ2n) is 9.24. The highest BCUT2D eigenvalue weighted by molar-refractivity contribution is 6.99. The van der Waals surface area contributed by atoms with Crippen LogP contribution in [0.4, 0.5) is 0 Å². The summed E-state index contributed by atoms with van der Waals surface area (Å²) >= 11 is 0. The minimum absolute atomic E-state index is 0.0574. The molecule has 1 heterocycles. The smallest absolute Gasteiger partial charge is 0.338 e. The fourth-order valence-corrected chi connectivity index (χ4v) is 9.60. The maximum Gasteiger partial charge on any atom is 0.338 e. The Balaban J connectivity index is 1.66. The summed E-state index contributed by atoms with van der Waals surface area (Å²) in [4.78, 5) is 12.1. The zero-order valence-corrected chi connectivity index (χ0v) is 18.7.